The fraction of sp³-hybridized carbons (Fsp3) is 0.722. The van der Waals surface area contributed by atoms with E-state index in [1.807, 2.05) is 17.9 Å². The number of hydrogen-bond acceptors (Lipinski definition) is 5. The quantitative estimate of drug-likeness (QED) is 0.868. The highest BCUT2D eigenvalue weighted by Gasteiger charge is 2.35. The Morgan fingerprint density at radius 3 is 2.52 bits per heavy atom. The zero-order chi connectivity index (χ0) is 17.8. The van der Waals surface area contributed by atoms with Crippen LogP contribution in [0.5, 0.6) is 0 Å². The second-order valence-electron chi connectivity index (χ2n) is 7.26. The minimum Gasteiger partial charge on any atom is -0.360 e. The molecule has 1 aromatic heterocycles. The Labute approximate surface area is 148 Å². The highest BCUT2D eigenvalue weighted by atomic mass is 16.5. The van der Waals surface area contributed by atoms with Crippen LogP contribution in [-0.4, -0.2) is 59.0 Å². The van der Waals surface area contributed by atoms with Crippen LogP contribution in [0, 0.1) is 12.8 Å². The van der Waals surface area contributed by atoms with Gasteiger partial charge in [0.05, 0.1) is 12.2 Å². The molecule has 2 aliphatic rings. The number of nitrogens with one attached hydrogen (secondary N) is 1. The SMILES string of the molecule is CC(=O)NC(C(=O)N1CCN(Cc2cc(C)no2)CC1)C1CCCC1. The normalized spacial score (nSPS) is 20.6. The first kappa shape index (κ1) is 17.9. The van der Waals surface area contributed by atoms with Crippen LogP contribution < -0.4 is 5.32 Å². The van der Waals surface area contributed by atoms with E-state index in [0.29, 0.717) is 13.1 Å². The number of aromatic nitrogens is 1. The van der Waals surface area contributed by atoms with Crippen molar-refractivity contribution < 1.29 is 14.1 Å². The van der Waals surface area contributed by atoms with E-state index in [1.54, 1.807) is 0 Å². The zero-order valence-corrected chi connectivity index (χ0v) is 15.2. The molecule has 3 rings (SSSR count). The summed E-state index contributed by atoms with van der Waals surface area (Å²) in [4.78, 5) is 28.7. The topological polar surface area (TPSA) is 78.7 Å². The molecule has 138 valence electrons. The number of aryl methyl sites for hydroxylation is 1. The fourth-order valence-electron chi connectivity index (χ4n) is 3.93. The Morgan fingerprint density at radius 2 is 1.96 bits per heavy atom. The van der Waals surface area contributed by atoms with Gasteiger partial charge in [0.25, 0.3) is 0 Å². The lowest BCUT2D eigenvalue weighted by Gasteiger charge is -2.37. The van der Waals surface area contributed by atoms with Crippen molar-refractivity contribution in [3.63, 3.8) is 0 Å². The molecule has 25 heavy (non-hydrogen) atoms. The molecule has 1 aliphatic heterocycles. The van der Waals surface area contributed by atoms with Crippen molar-refractivity contribution in [3.05, 3.63) is 17.5 Å². The summed E-state index contributed by atoms with van der Waals surface area (Å²) in [6.45, 7) is 7.12. The molecule has 1 atom stereocenters. The number of carbonyl (C=O) groups is 2. The highest BCUT2D eigenvalue weighted by Crippen LogP contribution is 2.29. The standard InChI is InChI=1S/C18H28N4O3/c1-13-11-16(25-20-13)12-21-7-9-22(10-8-21)18(24)17(19-14(2)23)15-5-3-4-6-15/h11,15,17H,3-10,12H2,1-2H3,(H,19,23). The molecule has 0 spiro atoms. The Hall–Kier alpha value is -1.89. The van der Waals surface area contributed by atoms with Crippen LogP contribution in [0.2, 0.25) is 0 Å². The third-order valence-corrected chi connectivity index (χ3v) is 5.24. The molecule has 2 amide bonds. The first-order valence-corrected chi connectivity index (χ1v) is 9.23. The van der Waals surface area contributed by atoms with Crippen LogP contribution >= 0.6 is 0 Å². The van der Waals surface area contributed by atoms with Gasteiger partial charge in [0, 0.05) is 39.2 Å². The monoisotopic (exact) mass is 348 g/mol. The lowest BCUT2D eigenvalue weighted by atomic mass is 9.96. The first-order chi connectivity index (χ1) is 12.0. The molecule has 0 radical (unpaired) electrons. The zero-order valence-electron chi connectivity index (χ0n) is 15.2. The summed E-state index contributed by atoms with van der Waals surface area (Å²) in [6, 6.07) is 1.59. The van der Waals surface area contributed by atoms with E-state index >= 15 is 0 Å². The smallest absolute Gasteiger partial charge is 0.245 e. The minimum atomic E-state index is -0.358. The lowest BCUT2D eigenvalue weighted by Crippen LogP contribution is -2.56. The van der Waals surface area contributed by atoms with E-state index in [9.17, 15) is 9.59 Å². The Kier molecular flexibility index (Phi) is 5.73. The maximum atomic E-state index is 13.0. The van der Waals surface area contributed by atoms with Gasteiger partial charge in [0.1, 0.15) is 6.04 Å². The van der Waals surface area contributed by atoms with Crippen molar-refractivity contribution in [2.45, 2.75) is 52.1 Å². The van der Waals surface area contributed by atoms with Crippen molar-refractivity contribution in [2.75, 3.05) is 26.2 Å². The van der Waals surface area contributed by atoms with Gasteiger partial charge < -0.3 is 14.7 Å². The summed E-state index contributed by atoms with van der Waals surface area (Å²) in [5.74, 6) is 1.10. The molecular weight excluding hydrogens is 320 g/mol. The number of piperazine rings is 1. The second kappa shape index (κ2) is 7.99. The van der Waals surface area contributed by atoms with Gasteiger partial charge in [-0.15, -0.1) is 0 Å². The van der Waals surface area contributed by atoms with Crippen molar-refractivity contribution in [1.82, 2.24) is 20.3 Å². The summed E-state index contributed by atoms with van der Waals surface area (Å²) < 4.78 is 5.27. The van der Waals surface area contributed by atoms with Gasteiger partial charge in [0.2, 0.25) is 11.8 Å². The maximum absolute atomic E-state index is 13.0. The summed E-state index contributed by atoms with van der Waals surface area (Å²) in [5.41, 5.74) is 0.888. The molecule has 1 unspecified atom stereocenters. The average molecular weight is 348 g/mol. The summed E-state index contributed by atoms with van der Waals surface area (Å²) >= 11 is 0. The number of rotatable bonds is 5. The second-order valence-corrected chi connectivity index (χ2v) is 7.26. The molecule has 1 saturated heterocycles. The molecule has 7 nitrogen and oxygen atoms in total. The Balaban J connectivity index is 1.54. The predicted molar refractivity (Wildman–Crippen MR) is 92.7 cm³/mol. The largest absolute Gasteiger partial charge is 0.360 e. The number of carbonyl (C=O) groups excluding carboxylic acids is 2. The summed E-state index contributed by atoms with van der Waals surface area (Å²) in [6.07, 6.45) is 4.36. The Morgan fingerprint density at radius 1 is 1.28 bits per heavy atom. The van der Waals surface area contributed by atoms with Crippen LogP contribution in [0.4, 0.5) is 0 Å². The van der Waals surface area contributed by atoms with Crippen LogP contribution in [0.1, 0.15) is 44.1 Å². The van der Waals surface area contributed by atoms with Crippen molar-refractivity contribution in [3.8, 4) is 0 Å². The van der Waals surface area contributed by atoms with Crippen molar-refractivity contribution in [1.29, 1.82) is 0 Å². The molecule has 0 aromatic carbocycles. The van der Waals surface area contributed by atoms with E-state index in [0.717, 1.165) is 56.8 Å². The van der Waals surface area contributed by atoms with E-state index in [-0.39, 0.29) is 23.8 Å². The van der Waals surface area contributed by atoms with Crippen molar-refractivity contribution in [2.24, 2.45) is 5.92 Å². The fourth-order valence-corrected chi connectivity index (χ4v) is 3.93. The third kappa shape index (κ3) is 4.60. The summed E-state index contributed by atoms with van der Waals surface area (Å²) in [5, 5.41) is 6.82. The molecule has 0 bridgehead atoms. The third-order valence-electron chi connectivity index (χ3n) is 5.24. The predicted octanol–water partition coefficient (Wildman–Crippen LogP) is 1.32. The van der Waals surface area contributed by atoms with Gasteiger partial charge in [-0.05, 0) is 25.7 Å². The number of amides is 2. The molecule has 1 aromatic rings. The number of nitrogens with zero attached hydrogens (tertiary/aromatic N) is 3. The minimum absolute atomic E-state index is 0.0808. The lowest BCUT2D eigenvalue weighted by molar-refractivity contribution is -0.139. The average Bonchev–Trinajstić information content (AvgIpc) is 3.24. The Bertz CT molecular complexity index is 601. The molecule has 1 saturated carbocycles. The molecular formula is C18H28N4O3. The van der Waals surface area contributed by atoms with Gasteiger partial charge >= 0.3 is 0 Å². The van der Waals surface area contributed by atoms with Gasteiger partial charge in [0.15, 0.2) is 5.76 Å². The van der Waals surface area contributed by atoms with E-state index in [2.05, 4.69) is 15.4 Å². The van der Waals surface area contributed by atoms with E-state index in [4.69, 9.17) is 4.52 Å². The van der Waals surface area contributed by atoms with Gasteiger partial charge in [-0.1, -0.05) is 18.0 Å². The number of hydrogen-bond donors (Lipinski definition) is 1. The van der Waals surface area contributed by atoms with E-state index < -0.39 is 0 Å². The van der Waals surface area contributed by atoms with Crippen LogP contribution in [0.25, 0.3) is 0 Å². The van der Waals surface area contributed by atoms with Crippen LogP contribution in [-0.2, 0) is 16.1 Å². The molecule has 2 heterocycles. The van der Waals surface area contributed by atoms with Crippen LogP contribution in [0.15, 0.2) is 10.6 Å². The summed E-state index contributed by atoms with van der Waals surface area (Å²) in [7, 11) is 0. The van der Waals surface area contributed by atoms with Gasteiger partial charge in [-0.2, -0.15) is 0 Å². The van der Waals surface area contributed by atoms with Gasteiger partial charge in [-0.3, -0.25) is 14.5 Å². The molecule has 2 fully saturated rings. The first-order valence-electron chi connectivity index (χ1n) is 9.23. The van der Waals surface area contributed by atoms with E-state index in [1.165, 1.54) is 6.92 Å². The molecule has 1 N–H and O–H groups in total. The maximum Gasteiger partial charge on any atom is 0.245 e. The molecule has 1 aliphatic carbocycles. The van der Waals surface area contributed by atoms with Crippen LogP contribution in [0.3, 0.4) is 0 Å². The van der Waals surface area contributed by atoms with Gasteiger partial charge in [-0.25, -0.2) is 0 Å². The highest BCUT2D eigenvalue weighted by molar-refractivity contribution is 5.87. The molecule has 7 heteroatoms. The van der Waals surface area contributed by atoms with Crippen molar-refractivity contribution >= 4 is 11.8 Å².